The molecule has 8 heteroatoms. The first-order chi connectivity index (χ1) is 12.6. The zero-order chi connectivity index (χ0) is 18.5. The number of carboxylic acids is 1. The highest BCUT2D eigenvalue weighted by atomic mass is 32.2. The Bertz CT molecular complexity index is 1010. The summed E-state index contributed by atoms with van der Waals surface area (Å²) in [5.74, 6) is 0.120. The quantitative estimate of drug-likeness (QED) is 0.514. The van der Waals surface area contributed by atoms with Gasteiger partial charge in [-0.15, -0.1) is 10.2 Å². The molecule has 0 fully saturated rings. The molecule has 1 N–H and O–H groups in total. The monoisotopic (exact) mass is 367 g/mol. The van der Waals surface area contributed by atoms with Crippen LogP contribution in [0.1, 0.15) is 24.1 Å². The summed E-state index contributed by atoms with van der Waals surface area (Å²) in [6, 6.07) is 12.4. The molecule has 2 aromatic heterocycles. The number of aryl methyl sites for hydroxylation is 1. The van der Waals surface area contributed by atoms with Gasteiger partial charge in [0, 0.05) is 18.1 Å². The number of thioether (sulfide) groups is 1. The topological polar surface area (TPSA) is 113 Å². The molecule has 0 atom stereocenters. The zero-order valence-corrected chi connectivity index (χ0v) is 14.5. The highest BCUT2D eigenvalue weighted by molar-refractivity contribution is 8.03. The average molecular weight is 367 g/mol. The Morgan fingerprint density at radius 2 is 2.08 bits per heavy atom. The fourth-order valence-corrected chi connectivity index (χ4v) is 2.82. The summed E-state index contributed by atoms with van der Waals surface area (Å²) >= 11 is 0.850. The van der Waals surface area contributed by atoms with Crippen LogP contribution in [0.3, 0.4) is 0 Å². The van der Waals surface area contributed by atoms with Crippen LogP contribution in [-0.4, -0.2) is 21.3 Å². The summed E-state index contributed by atoms with van der Waals surface area (Å²) in [5.41, 5.74) is 1.12. The SMILES string of the molecule is CCc1nnc(S/C(=C/c2ccc(-c3ccccc3C#N)o2)C(=O)O)o1. The second-order valence-electron chi connectivity index (χ2n) is 5.09. The summed E-state index contributed by atoms with van der Waals surface area (Å²) < 4.78 is 11.0. The number of carbonyl (C=O) groups is 1. The van der Waals surface area contributed by atoms with Crippen LogP contribution in [0.15, 0.2) is 55.4 Å². The van der Waals surface area contributed by atoms with Gasteiger partial charge >= 0.3 is 5.97 Å². The molecule has 1 aromatic carbocycles. The van der Waals surface area contributed by atoms with E-state index in [2.05, 4.69) is 16.3 Å². The van der Waals surface area contributed by atoms with E-state index in [0.717, 1.165) is 11.8 Å². The van der Waals surface area contributed by atoms with Crippen LogP contribution in [0.2, 0.25) is 0 Å². The zero-order valence-electron chi connectivity index (χ0n) is 13.7. The largest absolute Gasteiger partial charge is 0.477 e. The maximum Gasteiger partial charge on any atom is 0.342 e. The molecule has 3 aromatic rings. The van der Waals surface area contributed by atoms with Gasteiger partial charge in [-0.1, -0.05) is 19.1 Å². The van der Waals surface area contributed by atoms with Gasteiger partial charge in [-0.05, 0) is 36.0 Å². The van der Waals surface area contributed by atoms with Gasteiger partial charge in [0.15, 0.2) is 0 Å². The molecular formula is C18H13N3O4S. The number of aromatic nitrogens is 2. The average Bonchev–Trinajstić information content (AvgIpc) is 3.30. The van der Waals surface area contributed by atoms with Crippen molar-refractivity contribution in [3.05, 3.63) is 58.5 Å². The van der Waals surface area contributed by atoms with Gasteiger partial charge in [-0.3, -0.25) is 0 Å². The number of nitriles is 1. The van der Waals surface area contributed by atoms with E-state index in [9.17, 15) is 15.2 Å². The summed E-state index contributed by atoms with van der Waals surface area (Å²) in [4.78, 5) is 11.5. The maximum absolute atomic E-state index is 11.5. The van der Waals surface area contributed by atoms with Gasteiger partial charge in [0.05, 0.1) is 11.6 Å². The number of nitrogens with zero attached hydrogens (tertiary/aromatic N) is 3. The first kappa shape index (κ1) is 17.5. The first-order valence-electron chi connectivity index (χ1n) is 7.65. The highest BCUT2D eigenvalue weighted by Gasteiger charge is 2.16. The van der Waals surface area contributed by atoms with Crippen molar-refractivity contribution in [1.29, 1.82) is 5.26 Å². The van der Waals surface area contributed by atoms with E-state index < -0.39 is 5.97 Å². The van der Waals surface area contributed by atoms with Crippen LogP contribution in [0.25, 0.3) is 17.4 Å². The fourth-order valence-electron chi connectivity index (χ4n) is 2.15. The van der Waals surface area contributed by atoms with Crippen LogP contribution in [0.4, 0.5) is 0 Å². The molecular weight excluding hydrogens is 354 g/mol. The lowest BCUT2D eigenvalue weighted by molar-refractivity contribution is -0.131. The van der Waals surface area contributed by atoms with Crippen molar-refractivity contribution in [2.75, 3.05) is 0 Å². The molecule has 26 heavy (non-hydrogen) atoms. The molecule has 3 rings (SSSR count). The fraction of sp³-hybridized carbons (Fsp3) is 0.111. The predicted molar refractivity (Wildman–Crippen MR) is 94.0 cm³/mol. The standard InChI is InChI=1S/C18H13N3O4S/c1-2-16-20-21-18(25-16)26-15(17(22)23)9-12-7-8-14(24-12)13-6-4-3-5-11(13)10-19/h3-9H,2H2,1H3,(H,22,23)/b15-9+. The molecule has 0 amide bonds. The van der Waals surface area contributed by atoms with E-state index in [4.69, 9.17) is 8.83 Å². The van der Waals surface area contributed by atoms with Crippen molar-refractivity contribution in [1.82, 2.24) is 10.2 Å². The van der Waals surface area contributed by atoms with Gasteiger partial charge < -0.3 is 13.9 Å². The number of carboxylic acid groups (broad SMARTS) is 1. The molecule has 7 nitrogen and oxygen atoms in total. The molecule has 0 saturated carbocycles. The summed E-state index contributed by atoms with van der Waals surface area (Å²) in [5, 5.41) is 26.3. The van der Waals surface area contributed by atoms with Crippen molar-refractivity contribution in [2.45, 2.75) is 18.6 Å². The molecule has 0 aliphatic carbocycles. The molecule has 0 saturated heterocycles. The molecule has 0 aliphatic heterocycles. The molecule has 0 spiro atoms. The Labute approximate surface area is 153 Å². The van der Waals surface area contributed by atoms with Crippen LogP contribution < -0.4 is 0 Å². The third-order valence-electron chi connectivity index (χ3n) is 3.37. The highest BCUT2D eigenvalue weighted by Crippen LogP contribution is 2.30. The minimum Gasteiger partial charge on any atom is -0.477 e. The normalized spacial score (nSPS) is 11.3. The Morgan fingerprint density at radius 3 is 2.77 bits per heavy atom. The van der Waals surface area contributed by atoms with E-state index in [-0.39, 0.29) is 10.1 Å². The van der Waals surface area contributed by atoms with Crippen molar-refractivity contribution in [2.24, 2.45) is 0 Å². The van der Waals surface area contributed by atoms with Gasteiger partial charge in [-0.2, -0.15) is 5.26 Å². The van der Waals surface area contributed by atoms with E-state index in [1.54, 1.807) is 36.4 Å². The lowest BCUT2D eigenvalue weighted by Gasteiger charge is -1.99. The van der Waals surface area contributed by atoms with Crippen molar-refractivity contribution in [3.63, 3.8) is 0 Å². The molecule has 0 aliphatic rings. The first-order valence-corrected chi connectivity index (χ1v) is 8.47. The van der Waals surface area contributed by atoms with E-state index in [1.165, 1.54) is 6.08 Å². The number of rotatable bonds is 6. The van der Waals surface area contributed by atoms with Gasteiger partial charge in [0.2, 0.25) is 5.89 Å². The summed E-state index contributed by atoms with van der Waals surface area (Å²) in [6.07, 6.45) is 1.95. The Morgan fingerprint density at radius 1 is 1.27 bits per heavy atom. The van der Waals surface area contributed by atoms with Crippen molar-refractivity contribution >= 4 is 23.8 Å². The smallest absolute Gasteiger partial charge is 0.342 e. The number of furan rings is 1. The second kappa shape index (κ2) is 7.72. The van der Waals surface area contributed by atoms with Gasteiger partial charge in [0.25, 0.3) is 5.22 Å². The van der Waals surface area contributed by atoms with E-state index in [0.29, 0.717) is 35.0 Å². The lowest BCUT2D eigenvalue weighted by atomic mass is 10.1. The van der Waals surface area contributed by atoms with Crippen molar-refractivity contribution in [3.8, 4) is 17.4 Å². The Hall–Kier alpha value is -3.31. The molecule has 0 unspecified atom stereocenters. The van der Waals surface area contributed by atoms with Crippen LogP contribution in [0, 0.1) is 11.3 Å². The minimum atomic E-state index is -1.14. The van der Waals surface area contributed by atoms with Crippen molar-refractivity contribution < 1.29 is 18.7 Å². The van der Waals surface area contributed by atoms with Crippen LogP contribution in [-0.2, 0) is 11.2 Å². The molecule has 0 bridgehead atoms. The second-order valence-corrected chi connectivity index (χ2v) is 6.08. The Balaban J connectivity index is 1.88. The molecule has 0 radical (unpaired) electrons. The predicted octanol–water partition coefficient (Wildman–Crippen LogP) is 3.98. The number of benzene rings is 1. The molecule has 2 heterocycles. The molecule has 130 valence electrons. The number of hydrogen-bond donors (Lipinski definition) is 1. The van der Waals surface area contributed by atoms with Gasteiger partial charge in [0.1, 0.15) is 16.4 Å². The van der Waals surface area contributed by atoms with Gasteiger partial charge in [-0.25, -0.2) is 4.79 Å². The minimum absolute atomic E-state index is 0.0224. The summed E-state index contributed by atoms with van der Waals surface area (Å²) in [7, 11) is 0. The maximum atomic E-state index is 11.5. The third-order valence-corrected chi connectivity index (χ3v) is 4.22. The third kappa shape index (κ3) is 3.84. The number of aliphatic carboxylic acids is 1. The lowest BCUT2D eigenvalue weighted by Crippen LogP contribution is -1.96. The Kier molecular flexibility index (Phi) is 5.20. The number of hydrogen-bond acceptors (Lipinski definition) is 7. The van der Waals surface area contributed by atoms with E-state index >= 15 is 0 Å². The summed E-state index contributed by atoms with van der Waals surface area (Å²) in [6.45, 7) is 1.86. The van der Waals surface area contributed by atoms with Crippen LogP contribution >= 0.6 is 11.8 Å². The van der Waals surface area contributed by atoms with E-state index in [1.807, 2.05) is 6.92 Å². The van der Waals surface area contributed by atoms with Crippen LogP contribution in [0.5, 0.6) is 0 Å².